The SMILES string of the molecule is CCCOC(Cc1ccc(OCCC2c3ccccc3Oc3ccccc32)cc1)C(=O)OCC. The Kier molecular flexibility index (Phi) is 8.21. The molecular weight excluding hydrogens is 428 g/mol. The van der Waals surface area contributed by atoms with Gasteiger partial charge in [-0.05, 0) is 49.6 Å². The second-order valence-electron chi connectivity index (χ2n) is 8.33. The van der Waals surface area contributed by atoms with E-state index >= 15 is 0 Å². The molecule has 5 heteroatoms. The van der Waals surface area contributed by atoms with Gasteiger partial charge in [0.05, 0.1) is 13.2 Å². The van der Waals surface area contributed by atoms with Crippen LogP contribution in [0.4, 0.5) is 0 Å². The highest BCUT2D eigenvalue weighted by Crippen LogP contribution is 2.45. The van der Waals surface area contributed by atoms with Gasteiger partial charge in [0.15, 0.2) is 6.10 Å². The first kappa shape index (κ1) is 23.8. The number of rotatable bonds is 11. The molecule has 0 fully saturated rings. The van der Waals surface area contributed by atoms with Crippen molar-refractivity contribution >= 4 is 5.97 Å². The summed E-state index contributed by atoms with van der Waals surface area (Å²) in [5.74, 6) is 2.54. The number of benzene rings is 3. The molecule has 1 atom stereocenters. The maximum atomic E-state index is 12.2. The molecule has 178 valence electrons. The van der Waals surface area contributed by atoms with Crippen molar-refractivity contribution in [2.45, 2.75) is 45.1 Å². The van der Waals surface area contributed by atoms with Gasteiger partial charge in [0, 0.05) is 30.1 Å². The average Bonchev–Trinajstić information content (AvgIpc) is 2.87. The van der Waals surface area contributed by atoms with Gasteiger partial charge in [-0.2, -0.15) is 0 Å². The summed E-state index contributed by atoms with van der Waals surface area (Å²) in [7, 11) is 0. The van der Waals surface area contributed by atoms with E-state index in [1.807, 2.05) is 55.5 Å². The van der Waals surface area contributed by atoms with Crippen LogP contribution in [-0.4, -0.2) is 31.9 Å². The topological polar surface area (TPSA) is 54.0 Å². The first-order valence-corrected chi connectivity index (χ1v) is 12.0. The van der Waals surface area contributed by atoms with Crippen molar-refractivity contribution in [2.75, 3.05) is 19.8 Å². The molecule has 0 saturated carbocycles. The Morgan fingerprint density at radius 3 is 2.15 bits per heavy atom. The molecule has 0 aliphatic carbocycles. The lowest BCUT2D eigenvalue weighted by Gasteiger charge is -2.28. The predicted molar refractivity (Wildman–Crippen MR) is 132 cm³/mol. The van der Waals surface area contributed by atoms with E-state index in [1.54, 1.807) is 6.92 Å². The van der Waals surface area contributed by atoms with Crippen LogP contribution in [0.15, 0.2) is 72.8 Å². The van der Waals surface area contributed by atoms with Crippen LogP contribution in [0.2, 0.25) is 0 Å². The van der Waals surface area contributed by atoms with E-state index in [0.717, 1.165) is 35.7 Å². The molecule has 0 amide bonds. The van der Waals surface area contributed by atoms with E-state index in [2.05, 4.69) is 24.3 Å². The number of hydrogen-bond acceptors (Lipinski definition) is 5. The third-order valence-corrected chi connectivity index (χ3v) is 5.90. The van der Waals surface area contributed by atoms with E-state index in [4.69, 9.17) is 18.9 Å². The van der Waals surface area contributed by atoms with Crippen LogP contribution < -0.4 is 9.47 Å². The minimum absolute atomic E-state index is 0.224. The largest absolute Gasteiger partial charge is 0.494 e. The Morgan fingerprint density at radius 2 is 1.53 bits per heavy atom. The van der Waals surface area contributed by atoms with Gasteiger partial charge in [-0.25, -0.2) is 4.79 Å². The molecule has 0 saturated heterocycles. The van der Waals surface area contributed by atoms with Crippen LogP contribution in [0.1, 0.15) is 49.3 Å². The lowest BCUT2D eigenvalue weighted by atomic mass is 9.86. The number of para-hydroxylation sites is 2. The predicted octanol–water partition coefficient (Wildman–Crippen LogP) is 6.29. The summed E-state index contributed by atoms with van der Waals surface area (Å²) < 4.78 is 23.0. The Labute approximate surface area is 201 Å². The highest BCUT2D eigenvalue weighted by atomic mass is 16.6. The Morgan fingerprint density at radius 1 is 0.882 bits per heavy atom. The minimum atomic E-state index is -0.583. The number of esters is 1. The van der Waals surface area contributed by atoms with Crippen molar-refractivity contribution < 1.29 is 23.7 Å². The molecule has 0 aromatic heterocycles. The zero-order valence-corrected chi connectivity index (χ0v) is 19.9. The van der Waals surface area contributed by atoms with E-state index in [9.17, 15) is 4.79 Å². The van der Waals surface area contributed by atoms with Gasteiger partial charge in [-0.15, -0.1) is 0 Å². The molecule has 34 heavy (non-hydrogen) atoms. The first-order valence-electron chi connectivity index (χ1n) is 12.0. The summed E-state index contributed by atoms with van der Waals surface area (Å²) in [6.07, 6.45) is 1.59. The molecule has 0 radical (unpaired) electrons. The molecule has 1 aliphatic heterocycles. The van der Waals surface area contributed by atoms with Gasteiger partial charge in [-0.3, -0.25) is 0 Å². The van der Waals surface area contributed by atoms with Crippen LogP contribution in [0.25, 0.3) is 0 Å². The third kappa shape index (κ3) is 5.78. The second kappa shape index (κ2) is 11.7. The lowest BCUT2D eigenvalue weighted by Crippen LogP contribution is -2.29. The molecule has 5 nitrogen and oxygen atoms in total. The van der Waals surface area contributed by atoms with E-state index < -0.39 is 6.10 Å². The van der Waals surface area contributed by atoms with Crippen molar-refractivity contribution in [1.82, 2.24) is 0 Å². The van der Waals surface area contributed by atoms with Crippen molar-refractivity contribution in [3.63, 3.8) is 0 Å². The van der Waals surface area contributed by atoms with E-state index in [-0.39, 0.29) is 11.9 Å². The molecule has 1 heterocycles. The third-order valence-electron chi connectivity index (χ3n) is 5.90. The van der Waals surface area contributed by atoms with Gasteiger partial charge in [0.25, 0.3) is 0 Å². The zero-order valence-electron chi connectivity index (χ0n) is 19.9. The highest BCUT2D eigenvalue weighted by Gasteiger charge is 2.26. The first-order chi connectivity index (χ1) is 16.7. The number of carbonyl (C=O) groups is 1. The van der Waals surface area contributed by atoms with Crippen molar-refractivity contribution in [1.29, 1.82) is 0 Å². The van der Waals surface area contributed by atoms with Gasteiger partial charge in [-0.1, -0.05) is 55.5 Å². The Hall–Kier alpha value is -3.31. The number of hydrogen-bond donors (Lipinski definition) is 0. The summed E-state index contributed by atoms with van der Waals surface area (Å²) in [5.41, 5.74) is 3.39. The Bertz CT molecular complexity index is 1030. The maximum absolute atomic E-state index is 12.2. The van der Waals surface area contributed by atoms with E-state index in [1.165, 1.54) is 11.1 Å². The fourth-order valence-electron chi connectivity index (χ4n) is 4.26. The molecular formula is C29H32O5. The molecule has 4 rings (SSSR count). The number of ether oxygens (including phenoxy) is 4. The fourth-order valence-corrected chi connectivity index (χ4v) is 4.26. The van der Waals surface area contributed by atoms with Crippen LogP contribution in [-0.2, 0) is 20.7 Å². The van der Waals surface area contributed by atoms with Crippen LogP contribution in [0, 0.1) is 0 Å². The maximum Gasteiger partial charge on any atom is 0.335 e. The smallest absolute Gasteiger partial charge is 0.335 e. The molecule has 3 aromatic rings. The van der Waals surface area contributed by atoms with Crippen molar-refractivity contribution in [3.05, 3.63) is 89.5 Å². The summed E-state index contributed by atoms with van der Waals surface area (Å²) in [4.78, 5) is 12.2. The molecule has 1 aliphatic rings. The average molecular weight is 461 g/mol. The van der Waals surface area contributed by atoms with Gasteiger partial charge in [0.1, 0.15) is 17.2 Å². The van der Waals surface area contributed by atoms with Gasteiger partial charge >= 0.3 is 5.97 Å². The van der Waals surface area contributed by atoms with Crippen molar-refractivity contribution in [3.8, 4) is 17.2 Å². The summed E-state index contributed by atoms with van der Waals surface area (Å²) in [6.45, 7) is 5.28. The minimum Gasteiger partial charge on any atom is -0.494 e. The van der Waals surface area contributed by atoms with Gasteiger partial charge in [0.2, 0.25) is 0 Å². The van der Waals surface area contributed by atoms with Crippen LogP contribution in [0.5, 0.6) is 17.2 Å². The molecule has 0 N–H and O–H groups in total. The zero-order chi connectivity index (χ0) is 23.8. The summed E-state index contributed by atoms with van der Waals surface area (Å²) >= 11 is 0. The molecule has 0 spiro atoms. The Balaban J connectivity index is 1.37. The summed E-state index contributed by atoms with van der Waals surface area (Å²) in [6, 6.07) is 24.3. The van der Waals surface area contributed by atoms with Crippen molar-refractivity contribution in [2.24, 2.45) is 0 Å². The summed E-state index contributed by atoms with van der Waals surface area (Å²) in [5, 5.41) is 0. The standard InChI is InChI=1S/C29H32O5/c1-3-18-33-28(29(30)31-4-2)20-21-13-15-22(16-14-21)32-19-17-23-24-9-5-7-11-26(24)34-27-12-8-6-10-25(23)27/h5-16,23,28H,3-4,17-20H2,1-2H3. The highest BCUT2D eigenvalue weighted by molar-refractivity contribution is 5.75. The van der Waals surface area contributed by atoms with Gasteiger partial charge < -0.3 is 18.9 Å². The fraction of sp³-hybridized carbons (Fsp3) is 0.345. The normalized spacial score (nSPS) is 13.4. The van der Waals surface area contributed by atoms with E-state index in [0.29, 0.717) is 26.2 Å². The molecule has 3 aromatic carbocycles. The van der Waals surface area contributed by atoms with Crippen LogP contribution >= 0.6 is 0 Å². The molecule has 0 bridgehead atoms. The quantitative estimate of drug-likeness (QED) is 0.315. The number of fused-ring (bicyclic) bond motifs is 2. The number of carbonyl (C=O) groups excluding carboxylic acids is 1. The second-order valence-corrected chi connectivity index (χ2v) is 8.33. The molecule has 1 unspecified atom stereocenters. The van der Waals surface area contributed by atoms with Crippen LogP contribution in [0.3, 0.4) is 0 Å². The lowest BCUT2D eigenvalue weighted by molar-refractivity contribution is -0.156. The monoisotopic (exact) mass is 460 g/mol.